The molecule has 2 aromatic heterocycles. The van der Waals surface area contributed by atoms with Crippen LogP contribution in [0.4, 0.5) is 35.3 Å². The number of urea groups is 1. The van der Waals surface area contributed by atoms with Crippen molar-refractivity contribution >= 4 is 34.1 Å². The number of amides is 2. The molecule has 11 nitrogen and oxygen atoms in total. The Morgan fingerprint density at radius 1 is 0.979 bits per heavy atom. The van der Waals surface area contributed by atoms with Gasteiger partial charge in [0.25, 0.3) is 0 Å². The Balaban J connectivity index is 1.25. The van der Waals surface area contributed by atoms with E-state index >= 15 is 0 Å². The number of likely N-dealkylation sites (N-methyl/N-ethyl adjacent to an activating group) is 1. The molecule has 6 rings (SSSR count). The molecule has 0 radical (unpaired) electrons. The molecule has 2 amide bonds. The van der Waals surface area contributed by atoms with E-state index in [0.717, 1.165) is 31.6 Å². The van der Waals surface area contributed by atoms with Crippen LogP contribution in [0, 0.1) is 0 Å². The second-order valence-electron chi connectivity index (χ2n) is 11.6. The van der Waals surface area contributed by atoms with Crippen molar-refractivity contribution in [2.45, 2.75) is 25.2 Å². The van der Waals surface area contributed by atoms with Gasteiger partial charge in [-0.2, -0.15) is 18.2 Å². The van der Waals surface area contributed by atoms with Crippen molar-refractivity contribution in [3.05, 3.63) is 90.4 Å². The average Bonchev–Trinajstić information content (AvgIpc) is 3.55. The van der Waals surface area contributed by atoms with Crippen LogP contribution < -0.4 is 20.7 Å². The number of anilines is 3. The van der Waals surface area contributed by atoms with E-state index in [2.05, 4.69) is 45.7 Å². The molecule has 1 fully saturated rings. The minimum absolute atomic E-state index is 0.0994. The van der Waals surface area contributed by atoms with Crippen molar-refractivity contribution < 1.29 is 22.7 Å². The highest BCUT2D eigenvalue weighted by Gasteiger charge is 2.32. The predicted molar refractivity (Wildman–Crippen MR) is 178 cm³/mol. The van der Waals surface area contributed by atoms with Gasteiger partial charge >= 0.3 is 12.2 Å². The van der Waals surface area contributed by atoms with Crippen LogP contribution in [-0.4, -0.2) is 76.0 Å². The van der Waals surface area contributed by atoms with Gasteiger partial charge in [0, 0.05) is 55.4 Å². The summed E-state index contributed by atoms with van der Waals surface area (Å²) in [5.74, 6) is 1.48. The lowest BCUT2D eigenvalue weighted by atomic mass is 10.1. The Hall–Kier alpha value is -5.34. The Morgan fingerprint density at radius 2 is 1.77 bits per heavy atom. The van der Waals surface area contributed by atoms with Gasteiger partial charge in [0.2, 0.25) is 11.8 Å². The number of hydrogen-bond acceptors (Lipinski definition) is 9. The summed E-state index contributed by atoms with van der Waals surface area (Å²) < 4.78 is 47.3. The van der Waals surface area contributed by atoms with Crippen molar-refractivity contribution in [2.24, 2.45) is 0 Å². The number of carbonyl (C=O) groups excluding carboxylic acids is 1. The van der Waals surface area contributed by atoms with Crippen molar-refractivity contribution in [2.75, 3.05) is 50.2 Å². The van der Waals surface area contributed by atoms with Gasteiger partial charge in [-0.15, -0.1) is 0 Å². The number of likely N-dealkylation sites (tertiary alicyclic amines) is 1. The molecule has 0 saturated carbocycles. The highest BCUT2D eigenvalue weighted by Crippen LogP contribution is 2.37. The third kappa shape index (κ3) is 7.29. The largest absolute Gasteiger partial charge is 0.438 e. The first-order valence-corrected chi connectivity index (χ1v) is 15.3. The summed E-state index contributed by atoms with van der Waals surface area (Å²) in [5, 5.41) is 9.70. The number of carbonyl (C=O) groups is 1. The second kappa shape index (κ2) is 13.8. The normalized spacial score (nSPS) is 15.1. The fourth-order valence-electron chi connectivity index (χ4n) is 5.66. The molecule has 1 unspecified atom stereocenters. The third-order valence-electron chi connectivity index (χ3n) is 8.20. The molecule has 48 heavy (non-hydrogen) atoms. The van der Waals surface area contributed by atoms with Crippen LogP contribution in [0.1, 0.15) is 17.5 Å². The van der Waals surface area contributed by atoms with Crippen LogP contribution >= 0.6 is 0 Å². The van der Waals surface area contributed by atoms with E-state index in [9.17, 15) is 18.0 Å². The van der Waals surface area contributed by atoms with Crippen LogP contribution in [0.5, 0.6) is 11.6 Å². The number of fused-ring (bicyclic) bond motifs is 1. The Bertz CT molecular complexity index is 1940. The molecule has 1 atom stereocenters. The lowest BCUT2D eigenvalue weighted by molar-refractivity contribution is -0.137. The molecule has 3 heterocycles. The molecule has 14 heteroatoms. The zero-order valence-electron chi connectivity index (χ0n) is 26.5. The Labute approximate surface area is 275 Å². The Kier molecular flexibility index (Phi) is 9.37. The molecule has 3 aromatic carbocycles. The minimum atomic E-state index is -4.56. The maximum absolute atomic E-state index is 13.7. The monoisotopic (exact) mass is 657 g/mol. The van der Waals surface area contributed by atoms with Gasteiger partial charge in [-0.25, -0.2) is 19.7 Å². The van der Waals surface area contributed by atoms with Crippen LogP contribution in [0.25, 0.3) is 22.2 Å². The molecule has 5 aromatic rings. The van der Waals surface area contributed by atoms with Gasteiger partial charge in [0.1, 0.15) is 12.1 Å². The molecule has 1 aliphatic heterocycles. The number of halogens is 3. The number of nitrogens with zero attached hydrogens (tertiary/aromatic N) is 6. The zero-order valence-corrected chi connectivity index (χ0v) is 26.5. The first-order chi connectivity index (χ1) is 23.1. The van der Waals surface area contributed by atoms with Crippen molar-refractivity contribution in [1.82, 2.24) is 29.7 Å². The highest BCUT2D eigenvalue weighted by atomic mass is 19.4. The van der Waals surface area contributed by atoms with Crippen LogP contribution in [0.3, 0.4) is 0 Å². The van der Waals surface area contributed by atoms with Crippen molar-refractivity contribution in [3.63, 3.8) is 0 Å². The minimum Gasteiger partial charge on any atom is -0.438 e. The topological polar surface area (TPSA) is 120 Å². The summed E-state index contributed by atoms with van der Waals surface area (Å²) in [7, 11) is 5.73. The molecule has 0 spiro atoms. The van der Waals surface area contributed by atoms with Crippen LogP contribution in [-0.2, 0) is 12.7 Å². The summed E-state index contributed by atoms with van der Waals surface area (Å²) in [6.07, 6.45) is -0.623. The van der Waals surface area contributed by atoms with Gasteiger partial charge in [0.15, 0.2) is 5.82 Å². The summed E-state index contributed by atoms with van der Waals surface area (Å²) in [5.41, 5.74) is 0.842. The average molecular weight is 658 g/mol. The summed E-state index contributed by atoms with van der Waals surface area (Å²) in [4.78, 5) is 34.8. The van der Waals surface area contributed by atoms with Crippen molar-refractivity contribution in [3.8, 4) is 23.0 Å². The molecular weight excluding hydrogens is 623 g/mol. The smallest absolute Gasteiger partial charge is 0.416 e. The molecule has 0 bridgehead atoms. The summed E-state index contributed by atoms with van der Waals surface area (Å²) in [6.45, 7) is 2.00. The molecule has 1 saturated heterocycles. The number of alkyl halides is 3. The van der Waals surface area contributed by atoms with Gasteiger partial charge in [-0.3, -0.25) is 4.90 Å². The van der Waals surface area contributed by atoms with Gasteiger partial charge in [-0.05, 0) is 62.5 Å². The number of hydrogen-bond donors (Lipinski definition) is 3. The van der Waals surface area contributed by atoms with Gasteiger partial charge in [-0.1, -0.05) is 30.3 Å². The van der Waals surface area contributed by atoms with E-state index in [0.29, 0.717) is 57.7 Å². The summed E-state index contributed by atoms with van der Waals surface area (Å²) >= 11 is 0. The predicted octanol–water partition coefficient (Wildman–Crippen LogP) is 6.72. The van der Waals surface area contributed by atoms with E-state index in [-0.39, 0.29) is 11.6 Å². The number of nitrogens with one attached hydrogen (secondary N) is 3. The number of rotatable bonds is 9. The lowest BCUT2D eigenvalue weighted by Gasteiger charge is -2.22. The molecular formula is C34H34F3N9O2. The van der Waals surface area contributed by atoms with E-state index in [4.69, 9.17) is 4.74 Å². The highest BCUT2D eigenvalue weighted by molar-refractivity contribution is 6.07. The van der Waals surface area contributed by atoms with Crippen LogP contribution in [0.15, 0.2) is 79.3 Å². The lowest BCUT2D eigenvalue weighted by Crippen LogP contribution is -2.31. The molecule has 1 aliphatic rings. The number of pyridine rings is 1. The maximum Gasteiger partial charge on any atom is 0.416 e. The number of aromatic nitrogens is 4. The van der Waals surface area contributed by atoms with Gasteiger partial charge < -0.3 is 25.6 Å². The first-order valence-electron chi connectivity index (χ1n) is 15.3. The number of benzene rings is 3. The molecule has 3 N–H and O–H groups in total. The van der Waals surface area contributed by atoms with E-state index in [1.165, 1.54) is 12.4 Å². The zero-order chi connectivity index (χ0) is 33.8. The molecule has 248 valence electrons. The fourth-order valence-corrected chi connectivity index (χ4v) is 5.66. The standard InChI is InChI=1S/C34H34F3N9O2/c1-38-32-41-20-40-30(44-32)26-9-6-15-39-31(26)48-29-13-12-27(24-7-4-5-8-25(24)29)42-33(47)43-28-17-22(34(35,36)37)11-10-21(28)18-46-16-14-23(19-46)45(2)3/h4-13,15,17,20,23H,14,16,18-19H2,1-3H3,(H2,42,43,47)(H,38,40,41,44). The second-order valence-corrected chi connectivity index (χ2v) is 11.6. The van der Waals surface area contributed by atoms with Gasteiger partial charge in [0.05, 0.1) is 16.8 Å². The van der Waals surface area contributed by atoms with E-state index in [1.807, 2.05) is 38.4 Å². The molecule has 0 aliphatic carbocycles. The van der Waals surface area contributed by atoms with Crippen molar-refractivity contribution in [1.29, 1.82) is 0 Å². The summed E-state index contributed by atoms with van der Waals surface area (Å²) in [6, 6.07) is 17.3. The van der Waals surface area contributed by atoms with E-state index in [1.54, 1.807) is 37.5 Å². The quantitative estimate of drug-likeness (QED) is 0.159. The van der Waals surface area contributed by atoms with E-state index < -0.39 is 17.8 Å². The SMILES string of the molecule is CNc1ncnc(-c2cccnc2Oc2ccc(NC(=O)Nc3cc(C(F)(F)F)ccc3CN3CCC(N(C)C)C3)c3ccccc23)n1. The first kappa shape index (κ1) is 32.6. The van der Waals surface area contributed by atoms with Crippen LogP contribution in [0.2, 0.25) is 0 Å². The fraction of sp³-hybridized carbons (Fsp3) is 0.265. The Morgan fingerprint density at radius 3 is 2.52 bits per heavy atom. The number of ether oxygens (including phenoxy) is 1. The third-order valence-corrected chi connectivity index (χ3v) is 8.20. The maximum atomic E-state index is 13.7.